The second kappa shape index (κ2) is 31.9. The number of ketones is 2. The Labute approximate surface area is 552 Å². The van der Waals surface area contributed by atoms with E-state index < -0.39 is 131 Å². The predicted molar refractivity (Wildman–Crippen MR) is 346 cm³/mol. The number of halogens is 2. The highest BCUT2D eigenvalue weighted by molar-refractivity contribution is 6.02. The summed E-state index contributed by atoms with van der Waals surface area (Å²) in [5.74, 6) is -2.96. The van der Waals surface area contributed by atoms with Crippen molar-refractivity contribution in [2.45, 2.75) is 167 Å². The number of anilines is 2. The molecule has 0 bridgehead atoms. The van der Waals surface area contributed by atoms with Gasteiger partial charge < -0.3 is 66.0 Å². The number of alkyl carbamates (subject to hydrolysis) is 1. The summed E-state index contributed by atoms with van der Waals surface area (Å²) in [5, 5.41) is 27.7. The second-order valence-electron chi connectivity index (χ2n) is 25.7. The quantitative estimate of drug-likeness (QED) is 0.0194. The molecule has 95 heavy (non-hydrogen) atoms. The first kappa shape index (κ1) is 72.4. The van der Waals surface area contributed by atoms with Crippen LogP contribution < -0.4 is 42.5 Å². The van der Waals surface area contributed by atoms with Crippen LogP contribution in [0.15, 0.2) is 96.6 Å². The summed E-state index contributed by atoms with van der Waals surface area (Å²) in [6.45, 7) is 9.80. The number of nitrogens with zero attached hydrogens (tertiary/aromatic N) is 1. The number of carbonyl (C=O) groups is 9. The number of Topliss-reactive ketones (excluding diaryl/α,β-unsaturated/α-hetero) is 1. The lowest BCUT2D eigenvalue weighted by atomic mass is 9.44. The van der Waals surface area contributed by atoms with Crippen molar-refractivity contribution in [2.75, 3.05) is 49.9 Å². The zero-order valence-corrected chi connectivity index (χ0v) is 54.6. The van der Waals surface area contributed by atoms with E-state index in [1.54, 1.807) is 74.2 Å². The first-order chi connectivity index (χ1) is 45.3. The lowest BCUT2D eigenvalue weighted by Gasteiger charge is -2.63. The van der Waals surface area contributed by atoms with Gasteiger partial charge in [-0.15, -0.1) is 6.42 Å². The number of alkyl halides is 2. The topological polar surface area (TPSA) is 321 Å². The Morgan fingerprint density at radius 1 is 0.874 bits per heavy atom. The zero-order chi connectivity index (χ0) is 68.8. The summed E-state index contributed by atoms with van der Waals surface area (Å²) in [7, 11) is 0. The number of terminal acetylenes is 1. The van der Waals surface area contributed by atoms with Crippen molar-refractivity contribution in [1.29, 1.82) is 0 Å². The largest absolute Gasteiger partial charge is 0.445 e. The highest BCUT2D eigenvalue weighted by atomic mass is 19.1. The number of aliphatic hydroxyl groups excluding tert-OH is 1. The molecule has 8 amide bonds. The molecule has 1 aliphatic heterocycles. The molecule has 23 nitrogen and oxygen atoms in total. The number of urea groups is 1. The number of hydrogen-bond acceptors (Lipinski definition) is 15. The highest BCUT2D eigenvalue weighted by Crippen LogP contribution is 2.72. The van der Waals surface area contributed by atoms with Gasteiger partial charge in [0.2, 0.25) is 29.5 Å². The molecule has 25 heteroatoms. The third-order valence-electron chi connectivity index (χ3n) is 19.2. The molecule has 3 aromatic carbocycles. The summed E-state index contributed by atoms with van der Waals surface area (Å²) in [4.78, 5) is 120. The average Bonchev–Trinajstić information content (AvgIpc) is 1.54. The van der Waals surface area contributed by atoms with E-state index >= 15 is 8.78 Å². The fourth-order valence-corrected chi connectivity index (χ4v) is 14.3. The predicted octanol–water partition coefficient (Wildman–Crippen LogP) is 6.50. The highest BCUT2D eigenvalue weighted by Gasteiger charge is 2.80. The number of benzene rings is 3. The van der Waals surface area contributed by atoms with Gasteiger partial charge in [-0.2, -0.15) is 0 Å². The molecule has 12 atom stereocenters. The van der Waals surface area contributed by atoms with Gasteiger partial charge in [0, 0.05) is 60.4 Å². The molecule has 3 saturated carbocycles. The maximum absolute atomic E-state index is 17.9. The minimum Gasteiger partial charge on any atom is -0.445 e. The van der Waals surface area contributed by atoms with Gasteiger partial charge in [-0.3, -0.25) is 38.9 Å². The van der Waals surface area contributed by atoms with Crippen LogP contribution in [0, 0.1) is 47.9 Å². The molecule has 0 radical (unpaired) electrons. The van der Waals surface area contributed by atoms with Crippen LogP contribution in [0.25, 0.3) is 0 Å². The Bertz CT molecular complexity index is 3430. The summed E-state index contributed by atoms with van der Waals surface area (Å²) >= 11 is 0. The van der Waals surface area contributed by atoms with Gasteiger partial charge >= 0.3 is 12.1 Å². The first-order valence-electron chi connectivity index (χ1n) is 32.4. The van der Waals surface area contributed by atoms with Crippen molar-refractivity contribution in [1.82, 2.24) is 26.6 Å². The van der Waals surface area contributed by atoms with Crippen LogP contribution in [0.3, 0.4) is 0 Å². The zero-order valence-electron chi connectivity index (χ0n) is 54.6. The lowest BCUT2D eigenvalue weighted by Crippen LogP contribution is -2.71. The molecule has 4 aliphatic carbocycles. The number of allylic oxidation sites excluding steroid dienone is 4. The molecule has 1 heterocycles. The van der Waals surface area contributed by atoms with Gasteiger partial charge in [0.15, 0.2) is 29.1 Å². The van der Waals surface area contributed by atoms with Crippen molar-refractivity contribution < 1.29 is 80.7 Å². The van der Waals surface area contributed by atoms with E-state index in [2.05, 4.69) is 37.8 Å². The van der Waals surface area contributed by atoms with Crippen LogP contribution in [0.2, 0.25) is 0 Å². The number of aliphatic hydroxyl groups is 1. The summed E-state index contributed by atoms with van der Waals surface area (Å²) < 4.78 is 63.6. The average molecular weight is 1320 g/mol. The molecule has 9 N–H and O–H groups in total. The van der Waals surface area contributed by atoms with Gasteiger partial charge in [-0.05, 0) is 123 Å². The molecule has 5 aliphatic rings. The summed E-state index contributed by atoms with van der Waals surface area (Å²) in [6.07, 6.45) is 4.27. The van der Waals surface area contributed by atoms with E-state index in [-0.39, 0.29) is 108 Å². The Balaban J connectivity index is 0.765. The maximum Gasteiger partial charge on any atom is 0.409 e. The number of nitrogens with one attached hydrogen (secondary N) is 6. The normalized spacial score (nSPS) is 26.0. The fourth-order valence-electron chi connectivity index (χ4n) is 14.3. The lowest BCUT2D eigenvalue weighted by molar-refractivity contribution is -0.235. The number of amides is 8. The Morgan fingerprint density at radius 2 is 1.61 bits per heavy atom. The number of rotatable bonds is 31. The molecule has 3 aromatic rings. The van der Waals surface area contributed by atoms with Gasteiger partial charge in [-0.1, -0.05) is 94.6 Å². The first-order valence-corrected chi connectivity index (χ1v) is 32.4. The van der Waals surface area contributed by atoms with Gasteiger partial charge in [0.25, 0.3) is 0 Å². The van der Waals surface area contributed by atoms with E-state index in [4.69, 9.17) is 35.8 Å². The summed E-state index contributed by atoms with van der Waals surface area (Å²) in [6, 6.07) is 18.1. The summed E-state index contributed by atoms with van der Waals surface area (Å²) in [5.41, 5.74) is 2.19. The molecule has 0 aromatic heterocycles. The number of ether oxygens (including phenoxy) is 5. The smallest absolute Gasteiger partial charge is 0.409 e. The van der Waals surface area contributed by atoms with E-state index in [0.29, 0.717) is 35.3 Å². The minimum atomic E-state index is -2.37. The molecule has 0 spiro atoms. The van der Waals surface area contributed by atoms with E-state index in [0.717, 1.165) is 17.2 Å². The molecule has 2 unspecified atom stereocenters. The van der Waals surface area contributed by atoms with Crippen LogP contribution in [0.4, 0.5) is 29.7 Å². The maximum atomic E-state index is 17.9. The van der Waals surface area contributed by atoms with Crippen LogP contribution in [0.1, 0.15) is 121 Å². The second-order valence-corrected chi connectivity index (χ2v) is 25.7. The van der Waals surface area contributed by atoms with Crippen molar-refractivity contribution in [2.24, 2.45) is 34.3 Å². The molecular weight excluding hydrogens is 1230 g/mol. The number of nitrogens with two attached hydrogens (primary N) is 1. The monoisotopic (exact) mass is 1320 g/mol. The van der Waals surface area contributed by atoms with E-state index in [9.17, 15) is 48.3 Å². The Kier molecular flexibility index (Phi) is 24.3. The number of aryl methyl sites for hydroxylation is 1. The minimum absolute atomic E-state index is 0.0124. The molecule has 8 rings (SSSR count). The number of hydrogen-bond donors (Lipinski definition) is 8. The van der Waals surface area contributed by atoms with Crippen molar-refractivity contribution in [3.05, 3.63) is 119 Å². The van der Waals surface area contributed by atoms with E-state index in [1.807, 2.05) is 38.1 Å². The van der Waals surface area contributed by atoms with Crippen molar-refractivity contribution in [3.63, 3.8) is 0 Å². The molecular formula is C70H88F2N8O15. The van der Waals surface area contributed by atoms with Gasteiger partial charge in [0.05, 0.1) is 37.7 Å². The Morgan fingerprint density at radius 3 is 2.33 bits per heavy atom. The molecule has 1 saturated heterocycles. The van der Waals surface area contributed by atoms with Crippen molar-refractivity contribution >= 4 is 64.6 Å². The van der Waals surface area contributed by atoms with Crippen LogP contribution in [-0.4, -0.2) is 146 Å². The van der Waals surface area contributed by atoms with E-state index in [1.165, 1.54) is 19.1 Å². The van der Waals surface area contributed by atoms with Crippen LogP contribution in [-0.2, 0) is 70.4 Å². The fraction of sp³-hybridized carbons (Fsp3) is 0.529. The van der Waals surface area contributed by atoms with Gasteiger partial charge in [0.1, 0.15) is 38.2 Å². The van der Waals surface area contributed by atoms with Gasteiger partial charge in [-0.25, -0.2) is 18.4 Å². The number of para-hydroxylation sites is 1. The number of fused-ring (bicyclic) bond motifs is 7. The third kappa shape index (κ3) is 16.3. The SMILES string of the molecule is C#Cc1ccccc1N(Cc1ccccc1C)C(=O)CCC(=O)NCCOCCC(=O)N[C@H](C(=O)N[C@@H](CCCNC(N)=O)C(=O)Nc1ccc(COC(=O)NCOCC(=O)[C@@]23OC(CCC)O[C@@H]2CC2[C@@H]4C[C@H](F)C5=CC(=O)C=C[C@]5(C)[C@@]4(F)[C@@H](O)C[C@@]23C)cc1)C(C)C. The van der Waals surface area contributed by atoms with Crippen LogP contribution >= 0.6 is 0 Å². The number of primary amides is 1. The third-order valence-corrected chi connectivity index (χ3v) is 19.2. The van der Waals surface area contributed by atoms with Crippen molar-refractivity contribution in [3.8, 4) is 12.3 Å². The van der Waals surface area contributed by atoms with Crippen LogP contribution in [0.5, 0.6) is 0 Å². The Hall–Kier alpha value is -8.41. The molecule has 512 valence electrons. The standard InChI is InChI=1S/C70H88F2N8O15/c1-8-15-61-94-57-36-49-50-35-52(71)51-34-48(81)27-29-67(51,6)69(50,72)55(82)37-68(49,7)70(57,95-61)56(83)40-92-41-76-66(90)93-39-44-21-23-47(24-22-44)77-63(87)53(19-14-30-75-65(73)89)78-64(88)62(42(3)4)79-59(85)28-32-91-33-31-74-58(84)25-26-60(86)80(38-46-18-11-10-16-43(46)5)54-20-13-12-17-45(54)9-2/h2,10-13,16-18,20-24,27,29,34,42,49-50,52-53,55,57,61-62,82H,8,14-15,19,25-26,28,30-33,35-41H2,1,3-7H3,(H,74,84)(H,76,90)(H,77,87)(H,78,88)(H,79,85)(H3,73,75,89)/t49?,50-,52-,53-,55-,57+,61?,62-,67-,68-,69-,70+/m0/s1. The number of carbonyl (C=O) groups excluding carboxylic acids is 9. The molecule has 4 fully saturated rings.